The number of nitrogens with zero attached hydrogens (tertiary/aromatic N) is 1. The summed E-state index contributed by atoms with van der Waals surface area (Å²) >= 11 is 0. The molecule has 3 N–H and O–H groups in total. The van der Waals surface area contributed by atoms with Crippen LogP contribution in [0.4, 0.5) is 0 Å². The van der Waals surface area contributed by atoms with Gasteiger partial charge in [0, 0.05) is 17.1 Å². The van der Waals surface area contributed by atoms with Gasteiger partial charge in [-0.15, -0.1) is 0 Å². The smallest absolute Gasteiger partial charge is 0.234 e. The average molecular weight is 271 g/mol. The molecular weight excluding hydrogens is 250 g/mol. The zero-order chi connectivity index (χ0) is 14.1. The summed E-state index contributed by atoms with van der Waals surface area (Å²) in [6.45, 7) is 3.76. The van der Waals surface area contributed by atoms with Crippen molar-refractivity contribution >= 4 is 16.8 Å². The van der Waals surface area contributed by atoms with E-state index in [-0.39, 0.29) is 11.9 Å². The SMILES string of the molecule is C[C@@H](C(N)=O)N1CCC(c2cc3ccccc3[nH]2)CC1. The van der Waals surface area contributed by atoms with Gasteiger partial charge in [-0.1, -0.05) is 18.2 Å². The quantitative estimate of drug-likeness (QED) is 0.899. The number of carbonyl (C=O) groups is 1. The highest BCUT2D eigenvalue weighted by Gasteiger charge is 2.26. The normalized spacial score (nSPS) is 19.2. The maximum Gasteiger partial charge on any atom is 0.234 e. The molecule has 0 saturated carbocycles. The van der Waals surface area contributed by atoms with Gasteiger partial charge < -0.3 is 10.7 Å². The number of aromatic amines is 1. The molecule has 106 valence electrons. The Morgan fingerprint density at radius 2 is 2.05 bits per heavy atom. The minimum Gasteiger partial charge on any atom is -0.368 e. The number of amides is 1. The summed E-state index contributed by atoms with van der Waals surface area (Å²) in [5, 5.41) is 1.27. The van der Waals surface area contributed by atoms with E-state index in [1.807, 2.05) is 6.92 Å². The number of aromatic nitrogens is 1. The molecule has 1 aliphatic rings. The Kier molecular flexibility index (Phi) is 3.49. The number of benzene rings is 1. The average Bonchev–Trinajstić information content (AvgIpc) is 2.90. The third-order valence-corrected chi connectivity index (χ3v) is 4.48. The second kappa shape index (κ2) is 5.29. The number of carbonyl (C=O) groups excluding carboxylic acids is 1. The van der Waals surface area contributed by atoms with Crippen molar-refractivity contribution in [3.05, 3.63) is 36.0 Å². The minimum atomic E-state index is -0.228. The summed E-state index contributed by atoms with van der Waals surface area (Å²) in [6, 6.07) is 10.5. The number of nitrogens with one attached hydrogen (secondary N) is 1. The molecule has 2 heterocycles. The molecule has 1 aliphatic heterocycles. The number of H-pyrrole nitrogens is 1. The van der Waals surface area contributed by atoms with Gasteiger partial charge in [-0.3, -0.25) is 9.69 Å². The first-order valence-corrected chi connectivity index (χ1v) is 7.26. The molecule has 0 bridgehead atoms. The second-order valence-electron chi connectivity index (χ2n) is 5.70. The summed E-state index contributed by atoms with van der Waals surface area (Å²) < 4.78 is 0. The molecule has 1 aromatic carbocycles. The molecule has 4 nitrogen and oxygen atoms in total. The fourth-order valence-corrected chi connectivity index (χ4v) is 3.09. The molecule has 4 heteroatoms. The zero-order valence-electron chi connectivity index (χ0n) is 11.8. The van der Waals surface area contributed by atoms with Crippen LogP contribution in [-0.2, 0) is 4.79 Å². The predicted octanol–water partition coefficient (Wildman–Crippen LogP) is 2.22. The van der Waals surface area contributed by atoms with Crippen molar-refractivity contribution in [2.45, 2.75) is 31.7 Å². The van der Waals surface area contributed by atoms with Gasteiger partial charge in [-0.05, 0) is 50.4 Å². The molecule has 1 saturated heterocycles. The molecule has 0 aliphatic carbocycles. The molecular formula is C16H21N3O. The molecule has 1 amide bonds. The van der Waals surface area contributed by atoms with Gasteiger partial charge in [0.25, 0.3) is 0 Å². The molecule has 20 heavy (non-hydrogen) atoms. The van der Waals surface area contributed by atoms with Crippen LogP contribution in [0.25, 0.3) is 10.9 Å². The van der Waals surface area contributed by atoms with Gasteiger partial charge in [0.05, 0.1) is 6.04 Å². The van der Waals surface area contributed by atoms with Crippen LogP contribution in [0.1, 0.15) is 31.4 Å². The van der Waals surface area contributed by atoms with Crippen molar-refractivity contribution in [1.82, 2.24) is 9.88 Å². The number of likely N-dealkylation sites (tertiary alicyclic amines) is 1. The Morgan fingerprint density at radius 3 is 2.70 bits per heavy atom. The molecule has 3 rings (SSSR count). The lowest BCUT2D eigenvalue weighted by Crippen LogP contribution is -2.46. The number of rotatable bonds is 3. The fourth-order valence-electron chi connectivity index (χ4n) is 3.09. The lowest BCUT2D eigenvalue weighted by atomic mass is 9.93. The van der Waals surface area contributed by atoms with E-state index >= 15 is 0 Å². The van der Waals surface area contributed by atoms with E-state index in [4.69, 9.17) is 5.73 Å². The highest BCUT2D eigenvalue weighted by atomic mass is 16.1. The van der Waals surface area contributed by atoms with Crippen LogP contribution in [0.3, 0.4) is 0 Å². The maximum atomic E-state index is 11.2. The van der Waals surface area contributed by atoms with Crippen LogP contribution in [0.5, 0.6) is 0 Å². The van der Waals surface area contributed by atoms with E-state index in [2.05, 4.69) is 40.2 Å². The van der Waals surface area contributed by atoms with Crippen LogP contribution < -0.4 is 5.73 Å². The Hall–Kier alpha value is -1.81. The van der Waals surface area contributed by atoms with E-state index in [0.29, 0.717) is 5.92 Å². The van der Waals surface area contributed by atoms with Gasteiger partial charge in [-0.2, -0.15) is 0 Å². The first-order chi connectivity index (χ1) is 9.65. The molecule has 1 atom stereocenters. The highest BCUT2D eigenvalue weighted by molar-refractivity contribution is 5.80. The Morgan fingerprint density at radius 1 is 1.35 bits per heavy atom. The van der Waals surface area contributed by atoms with Crippen LogP contribution in [0.15, 0.2) is 30.3 Å². The summed E-state index contributed by atoms with van der Waals surface area (Å²) in [7, 11) is 0. The van der Waals surface area contributed by atoms with E-state index in [0.717, 1.165) is 25.9 Å². The molecule has 2 aromatic rings. The third-order valence-electron chi connectivity index (χ3n) is 4.48. The summed E-state index contributed by atoms with van der Waals surface area (Å²) in [5.41, 5.74) is 7.90. The number of fused-ring (bicyclic) bond motifs is 1. The zero-order valence-corrected chi connectivity index (χ0v) is 11.8. The Bertz CT molecular complexity index is 578. The number of nitrogens with two attached hydrogens (primary N) is 1. The highest BCUT2D eigenvalue weighted by Crippen LogP contribution is 2.30. The lowest BCUT2D eigenvalue weighted by molar-refractivity contribution is -0.123. The van der Waals surface area contributed by atoms with Crippen molar-refractivity contribution in [2.24, 2.45) is 5.73 Å². The first kappa shape index (κ1) is 13.2. The van der Waals surface area contributed by atoms with Crippen molar-refractivity contribution in [3.8, 4) is 0 Å². The van der Waals surface area contributed by atoms with Gasteiger partial charge in [0.1, 0.15) is 0 Å². The van der Waals surface area contributed by atoms with E-state index in [9.17, 15) is 4.79 Å². The van der Waals surface area contributed by atoms with Crippen LogP contribution in [0, 0.1) is 0 Å². The molecule has 0 spiro atoms. The monoisotopic (exact) mass is 271 g/mol. The van der Waals surface area contributed by atoms with Gasteiger partial charge in [0.15, 0.2) is 0 Å². The third kappa shape index (κ3) is 2.43. The largest absolute Gasteiger partial charge is 0.368 e. The standard InChI is InChI=1S/C16H21N3O/c1-11(16(17)20)19-8-6-12(7-9-19)15-10-13-4-2-3-5-14(13)18-15/h2-5,10-12,18H,6-9H2,1H3,(H2,17,20)/t11-/m0/s1. The van der Waals surface area contributed by atoms with Crippen LogP contribution >= 0.6 is 0 Å². The summed E-state index contributed by atoms with van der Waals surface area (Å²) in [5.74, 6) is 0.327. The second-order valence-corrected chi connectivity index (χ2v) is 5.70. The van der Waals surface area contributed by atoms with Gasteiger partial charge >= 0.3 is 0 Å². The van der Waals surface area contributed by atoms with Crippen molar-refractivity contribution in [1.29, 1.82) is 0 Å². The minimum absolute atomic E-state index is 0.154. The number of hydrogen-bond acceptors (Lipinski definition) is 2. The maximum absolute atomic E-state index is 11.2. The van der Waals surface area contributed by atoms with Crippen molar-refractivity contribution in [3.63, 3.8) is 0 Å². The van der Waals surface area contributed by atoms with E-state index < -0.39 is 0 Å². The van der Waals surface area contributed by atoms with E-state index in [1.54, 1.807) is 0 Å². The predicted molar refractivity (Wildman–Crippen MR) is 80.5 cm³/mol. The number of para-hydroxylation sites is 1. The summed E-state index contributed by atoms with van der Waals surface area (Å²) in [6.07, 6.45) is 2.15. The van der Waals surface area contributed by atoms with Crippen LogP contribution in [0.2, 0.25) is 0 Å². The Labute approximate surface area is 118 Å². The Balaban J connectivity index is 1.70. The van der Waals surface area contributed by atoms with Gasteiger partial charge in [-0.25, -0.2) is 0 Å². The fraction of sp³-hybridized carbons (Fsp3) is 0.438. The molecule has 0 radical (unpaired) electrons. The van der Waals surface area contributed by atoms with E-state index in [1.165, 1.54) is 16.6 Å². The number of piperidine rings is 1. The topological polar surface area (TPSA) is 62.1 Å². The summed E-state index contributed by atoms with van der Waals surface area (Å²) in [4.78, 5) is 16.9. The first-order valence-electron chi connectivity index (χ1n) is 7.26. The molecule has 0 unspecified atom stereocenters. The lowest BCUT2D eigenvalue weighted by Gasteiger charge is -2.34. The molecule has 1 fully saturated rings. The number of hydrogen-bond donors (Lipinski definition) is 2. The van der Waals surface area contributed by atoms with Crippen LogP contribution in [-0.4, -0.2) is 34.9 Å². The molecule has 1 aromatic heterocycles. The van der Waals surface area contributed by atoms with Crippen molar-refractivity contribution in [2.75, 3.05) is 13.1 Å². The number of primary amides is 1. The van der Waals surface area contributed by atoms with Gasteiger partial charge in [0.2, 0.25) is 5.91 Å². The van der Waals surface area contributed by atoms with Crippen molar-refractivity contribution < 1.29 is 4.79 Å².